The third kappa shape index (κ3) is 6.27. The molecule has 1 saturated heterocycles. The number of piperidine rings is 1. The molecule has 2 N–H and O–H groups in total. The van der Waals surface area contributed by atoms with Gasteiger partial charge in [-0.25, -0.2) is 0 Å². The summed E-state index contributed by atoms with van der Waals surface area (Å²) in [5.74, 6) is 1.26. The second-order valence-electron chi connectivity index (χ2n) is 9.50. The van der Waals surface area contributed by atoms with Gasteiger partial charge in [-0.15, -0.1) is 0 Å². The molecule has 2 aromatic rings. The van der Waals surface area contributed by atoms with Crippen LogP contribution in [0.15, 0.2) is 52.3 Å². The molecule has 0 saturated carbocycles. The Morgan fingerprint density at radius 3 is 2.73 bits per heavy atom. The number of rotatable bonds is 6. The number of benzene rings is 2. The number of thioether (sulfide) groups is 1. The fourth-order valence-electron chi connectivity index (χ4n) is 4.79. The van der Waals surface area contributed by atoms with Crippen LogP contribution < -0.4 is 10.6 Å². The van der Waals surface area contributed by atoms with Crippen LogP contribution in [0.5, 0.6) is 0 Å². The molecular formula is C27H33N3O2S. The first-order valence-electron chi connectivity index (χ1n) is 11.8. The lowest BCUT2D eigenvalue weighted by molar-refractivity contribution is -0.112. The van der Waals surface area contributed by atoms with Crippen molar-refractivity contribution in [3.05, 3.63) is 64.1 Å². The molecule has 33 heavy (non-hydrogen) atoms. The number of aryl methyl sites for hydroxylation is 1. The smallest absolute Gasteiger partial charge is 0.262 e. The van der Waals surface area contributed by atoms with Gasteiger partial charge in [0.2, 0.25) is 0 Å². The SMILES string of the molecule is Cc1cccc(C=C2Sc3ccc(C(=O)NCCCN4CC(C)CC(C)C4)cc3NC2=O)c1. The number of carbonyl (C=O) groups excluding carboxylic acids is 2. The summed E-state index contributed by atoms with van der Waals surface area (Å²) in [4.78, 5) is 29.4. The van der Waals surface area contributed by atoms with E-state index in [0.717, 1.165) is 53.9 Å². The van der Waals surface area contributed by atoms with Crippen molar-refractivity contribution in [3.63, 3.8) is 0 Å². The van der Waals surface area contributed by atoms with Gasteiger partial charge in [0.15, 0.2) is 0 Å². The zero-order valence-electron chi connectivity index (χ0n) is 19.7. The molecule has 2 atom stereocenters. The van der Waals surface area contributed by atoms with Crippen LogP contribution in [-0.2, 0) is 4.79 Å². The maximum atomic E-state index is 12.6. The van der Waals surface area contributed by atoms with Crippen LogP contribution in [0.3, 0.4) is 0 Å². The van der Waals surface area contributed by atoms with E-state index < -0.39 is 0 Å². The van der Waals surface area contributed by atoms with Gasteiger partial charge in [0.1, 0.15) is 0 Å². The Morgan fingerprint density at radius 1 is 1.18 bits per heavy atom. The summed E-state index contributed by atoms with van der Waals surface area (Å²) in [7, 11) is 0. The van der Waals surface area contributed by atoms with Crippen molar-refractivity contribution in [2.75, 3.05) is 31.5 Å². The predicted octanol–water partition coefficient (Wildman–Crippen LogP) is 5.18. The van der Waals surface area contributed by atoms with E-state index in [1.54, 1.807) is 6.07 Å². The van der Waals surface area contributed by atoms with E-state index in [0.29, 0.717) is 22.7 Å². The van der Waals surface area contributed by atoms with Gasteiger partial charge in [-0.05, 0) is 68.0 Å². The summed E-state index contributed by atoms with van der Waals surface area (Å²) < 4.78 is 0. The zero-order chi connectivity index (χ0) is 23.4. The van der Waals surface area contributed by atoms with Gasteiger partial charge < -0.3 is 15.5 Å². The van der Waals surface area contributed by atoms with Gasteiger partial charge in [0.25, 0.3) is 11.8 Å². The lowest BCUT2D eigenvalue weighted by Crippen LogP contribution is -2.40. The number of likely N-dealkylation sites (tertiary alicyclic amines) is 1. The fourth-order valence-corrected chi connectivity index (χ4v) is 5.73. The van der Waals surface area contributed by atoms with Crippen molar-refractivity contribution < 1.29 is 9.59 Å². The van der Waals surface area contributed by atoms with Crippen molar-refractivity contribution in [2.24, 2.45) is 11.8 Å². The molecule has 0 bridgehead atoms. The van der Waals surface area contributed by atoms with E-state index in [1.165, 1.54) is 18.2 Å². The Kier molecular flexibility index (Phi) is 7.56. The third-order valence-corrected chi connectivity index (χ3v) is 7.25. The van der Waals surface area contributed by atoms with Crippen LogP contribution in [0.1, 0.15) is 48.2 Å². The normalized spacial score (nSPS) is 22.0. The number of carbonyl (C=O) groups is 2. The molecule has 2 heterocycles. The second-order valence-corrected chi connectivity index (χ2v) is 10.6. The molecule has 2 amide bonds. The molecule has 5 nitrogen and oxygen atoms in total. The second kappa shape index (κ2) is 10.6. The Labute approximate surface area is 201 Å². The largest absolute Gasteiger partial charge is 0.352 e. The maximum absolute atomic E-state index is 12.6. The molecule has 0 spiro atoms. The minimum atomic E-state index is -0.142. The number of hydrogen-bond acceptors (Lipinski definition) is 4. The maximum Gasteiger partial charge on any atom is 0.262 e. The molecule has 174 valence electrons. The van der Waals surface area contributed by atoms with Gasteiger partial charge in [0.05, 0.1) is 10.6 Å². The van der Waals surface area contributed by atoms with Crippen LogP contribution in [0, 0.1) is 18.8 Å². The van der Waals surface area contributed by atoms with E-state index in [9.17, 15) is 9.59 Å². The molecule has 1 fully saturated rings. The molecule has 6 heteroatoms. The number of amides is 2. The minimum absolute atomic E-state index is 0.0986. The predicted molar refractivity (Wildman–Crippen MR) is 136 cm³/mol. The Hall–Kier alpha value is -2.57. The highest BCUT2D eigenvalue weighted by molar-refractivity contribution is 8.04. The van der Waals surface area contributed by atoms with Gasteiger partial charge >= 0.3 is 0 Å². The van der Waals surface area contributed by atoms with Crippen molar-refractivity contribution in [3.8, 4) is 0 Å². The molecule has 4 rings (SSSR count). The Balaban J connectivity index is 1.32. The van der Waals surface area contributed by atoms with E-state index in [-0.39, 0.29) is 11.8 Å². The zero-order valence-corrected chi connectivity index (χ0v) is 20.5. The molecule has 2 aliphatic heterocycles. The number of nitrogens with one attached hydrogen (secondary N) is 2. The lowest BCUT2D eigenvalue weighted by Gasteiger charge is -2.34. The first-order valence-corrected chi connectivity index (χ1v) is 12.6. The van der Waals surface area contributed by atoms with Crippen LogP contribution >= 0.6 is 11.8 Å². The summed E-state index contributed by atoms with van der Waals surface area (Å²) >= 11 is 1.44. The topological polar surface area (TPSA) is 61.4 Å². The Bertz CT molecular complexity index is 1060. The quantitative estimate of drug-likeness (QED) is 0.458. The summed E-state index contributed by atoms with van der Waals surface area (Å²) in [5.41, 5.74) is 3.42. The number of anilines is 1. The lowest BCUT2D eigenvalue weighted by atomic mass is 9.92. The first kappa shape index (κ1) is 23.6. The number of fused-ring (bicyclic) bond motifs is 1. The van der Waals surface area contributed by atoms with E-state index >= 15 is 0 Å². The average Bonchev–Trinajstić information content (AvgIpc) is 2.76. The third-order valence-electron chi connectivity index (χ3n) is 6.15. The van der Waals surface area contributed by atoms with Crippen LogP contribution in [0.4, 0.5) is 5.69 Å². The number of nitrogens with zero attached hydrogens (tertiary/aromatic N) is 1. The van der Waals surface area contributed by atoms with Gasteiger partial charge in [-0.2, -0.15) is 0 Å². The number of hydrogen-bond donors (Lipinski definition) is 2. The summed E-state index contributed by atoms with van der Waals surface area (Å²) in [5, 5.41) is 5.97. The first-order chi connectivity index (χ1) is 15.9. The highest BCUT2D eigenvalue weighted by atomic mass is 32.2. The van der Waals surface area contributed by atoms with Crippen molar-refractivity contribution in [1.29, 1.82) is 0 Å². The van der Waals surface area contributed by atoms with Gasteiger partial charge in [-0.3, -0.25) is 9.59 Å². The van der Waals surface area contributed by atoms with Crippen LogP contribution in [-0.4, -0.2) is 42.9 Å². The molecule has 0 radical (unpaired) electrons. The highest BCUT2D eigenvalue weighted by Crippen LogP contribution is 2.39. The molecular weight excluding hydrogens is 430 g/mol. The standard InChI is InChI=1S/C27H33N3O2S/c1-18-6-4-7-21(13-18)14-25-27(32)29-23-15-22(8-9-24(23)33-25)26(31)28-10-5-11-30-16-19(2)12-20(3)17-30/h4,6-9,13-15,19-20H,5,10-12,16-17H2,1-3H3,(H,28,31)(H,29,32). The van der Waals surface area contributed by atoms with Crippen molar-refractivity contribution >= 4 is 35.3 Å². The van der Waals surface area contributed by atoms with Gasteiger partial charge in [0, 0.05) is 30.1 Å². The van der Waals surface area contributed by atoms with Crippen molar-refractivity contribution in [1.82, 2.24) is 10.2 Å². The van der Waals surface area contributed by atoms with E-state index in [4.69, 9.17) is 0 Å². The molecule has 2 aliphatic rings. The molecule has 2 aromatic carbocycles. The van der Waals surface area contributed by atoms with E-state index in [1.807, 2.05) is 43.3 Å². The summed E-state index contributed by atoms with van der Waals surface area (Å²) in [6, 6.07) is 13.6. The molecule has 2 unspecified atom stereocenters. The highest BCUT2D eigenvalue weighted by Gasteiger charge is 2.23. The van der Waals surface area contributed by atoms with Crippen LogP contribution in [0.2, 0.25) is 0 Å². The molecule has 0 aromatic heterocycles. The Morgan fingerprint density at radius 2 is 1.97 bits per heavy atom. The monoisotopic (exact) mass is 463 g/mol. The summed E-state index contributed by atoms with van der Waals surface area (Å²) in [6.45, 7) is 10.6. The molecule has 0 aliphatic carbocycles. The van der Waals surface area contributed by atoms with Crippen molar-refractivity contribution in [2.45, 2.75) is 38.5 Å². The van der Waals surface area contributed by atoms with E-state index in [2.05, 4.69) is 35.4 Å². The van der Waals surface area contributed by atoms with Crippen LogP contribution in [0.25, 0.3) is 6.08 Å². The fraction of sp³-hybridized carbons (Fsp3) is 0.407. The average molecular weight is 464 g/mol. The van der Waals surface area contributed by atoms with Gasteiger partial charge in [-0.1, -0.05) is 55.4 Å². The minimum Gasteiger partial charge on any atom is -0.352 e. The summed E-state index contributed by atoms with van der Waals surface area (Å²) in [6.07, 6.45) is 4.15.